The Morgan fingerprint density at radius 3 is 2.36 bits per heavy atom. The number of carbonyl (C=O) groups excluding carboxylic acids is 3. The molecule has 6 heterocycles. The van der Waals surface area contributed by atoms with E-state index in [1.54, 1.807) is 24.4 Å². The smallest absolute Gasteiger partial charge is 0.318 e. The van der Waals surface area contributed by atoms with Crippen molar-refractivity contribution in [2.24, 2.45) is 23.2 Å². The number of carbonyl (C=O) groups is 3. The summed E-state index contributed by atoms with van der Waals surface area (Å²) >= 11 is 0. The van der Waals surface area contributed by atoms with E-state index in [0.717, 1.165) is 131 Å². The number of imide groups is 1. The number of aromatic hydroxyl groups is 1. The molecule has 3 aromatic carbocycles. The predicted molar refractivity (Wildman–Crippen MR) is 291 cm³/mol. The van der Waals surface area contributed by atoms with Crippen LogP contribution in [0.3, 0.4) is 0 Å². The average molecular weight is 1010 g/mol. The summed E-state index contributed by atoms with van der Waals surface area (Å²) < 4.78 is 21.7. The highest BCUT2D eigenvalue weighted by atomic mass is 19.1. The lowest BCUT2D eigenvalue weighted by Crippen LogP contribution is -2.50. The van der Waals surface area contributed by atoms with Crippen LogP contribution in [-0.2, 0) is 14.4 Å². The molecule has 14 nitrogen and oxygen atoms in total. The number of hydrogen-bond donors (Lipinski definition) is 2. The Morgan fingerprint density at radius 2 is 1.69 bits per heavy atom. The fourth-order valence-corrected chi connectivity index (χ4v) is 11.3. The SMILES string of the molecule is C#Cc1c(F)ccc2cc(O)cc(-c3ncc4c(N5CCCCC5)nc(OCC5(CN6CCN(CC7CCN(c8ccc(C)c(N(C)C(=O)C(C)CC)c8)CC7)CC6)CC5)nc4c3C)c12.CC1CCC(=O)NC1=O. The molecule has 2 unspecified atom stereocenters. The van der Waals surface area contributed by atoms with Gasteiger partial charge in [0, 0.05) is 130 Å². The number of pyridine rings is 1. The Balaban J connectivity index is 0.000000676. The van der Waals surface area contributed by atoms with Gasteiger partial charge in [-0.3, -0.25) is 24.7 Å². The van der Waals surface area contributed by atoms with Crippen molar-refractivity contribution < 1.29 is 28.6 Å². The fraction of sp³-hybridized carbons (Fsp3) is 0.525. The summed E-state index contributed by atoms with van der Waals surface area (Å²) in [4.78, 5) is 61.2. The molecule has 15 heteroatoms. The van der Waals surface area contributed by atoms with Crippen LogP contribution in [0.15, 0.2) is 48.7 Å². The third-order valence-electron chi connectivity index (χ3n) is 16.5. The highest BCUT2D eigenvalue weighted by molar-refractivity contribution is 6.04. The van der Waals surface area contributed by atoms with Crippen molar-refractivity contribution in [3.63, 3.8) is 0 Å². The molecule has 4 saturated heterocycles. The van der Waals surface area contributed by atoms with Gasteiger partial charge in [-0.15, -0.1) is 6.42 Å². The third kappa shape index (κ3) is 11.6. The molecule has 4 aliphatic heterocycles. The van der Waals surface area contributed by atoms with Crippen LogP contribution in [0.5, 0.6) is 11.8 Å². The summed E-state index contributed by atoms with van der Waals surface area (Å²) in [5, 5.41) is 15.0. The van der Waals surface area contributed by atoms with Gasteiger partial charge >= 0.3 is 6.01 Å². The third-order valence-corrected chi connectivity index (χ3v) is 16.5. The van der Waals surface area contributed by atoms with Gasteiger partial charge in [-0.25, -0.2) is 4.39 Å². The van der Waals surface area contributed by atoms with Crippen molar-refractivity contribution in [2.45, 2.75) is 98.8 Å². The van der Waals surface area contributed by atoms with Crippen molar-refractivity contribution in [2.75, 3.05) is 93.8 Å². The predicted octanol–water partition coefficient (Wildman–Crippen LogP) is 9.04. The normalized spacial score (nSPS) is 19.9. The van der Waals surface area contributed by atoms with Gasteiger partial charge in [-0.1, -0.05) is 38.8 Å². The molecule has 0 bridgehead atoms. The monoisotopic (exact) mass is 1010 g/mol. The first-order valence-electron chi connectivity index (χ1n) is 27.0. The van der Waals surface area contributed by atoms with Gasteiger partial charge in [0.1, 0.15) is 17.4 Å². The molecular formula is C59H74FN9O5. The molecule has 2 N–H and O–H groups in total. The Morgan fingerprint density at radius 1 is 0.959 bits per heavy atom. The lowest BCUT2D eigenvalue weighted by atomic mass is 9.94. The van der Waals surface area contributed by atoms with Crippen LogP contribution < -0.4 is 24.8 Å². The zero-order valence-corrected chi connectivity index (χ0v) is 44.3. The number of nitrogens with one attached hydrogen (secondary N) is 1. The summed E-state index contributed by atoms with van der Waals surface area (Å²) in [5.74, 6) is 3.55. The fourth-order valence-electron chi connectivity index (χ4n) is 11.3. The summed E-state index contributed by atoms with van der Waals surface area (Å²) in [6.45, 7) is 20.9. The number of phenolic OH excluding ortho intramolecular Hbond substituents is 1. The van der Waals surface area contributed by atoms with Gasteiger partial charge in [0.15, 0.2) is 0 Å². The number of halogens is 1. The first kappa shape index (κ1) is 52.5. The van der Waals surface area contributed by atoms with Crippen molar-refractivity contribution in [1.29, 1.82) is 0 Å². The Hall–Kier alpha value is -6.37. The number of piperazine rings is 1. The first-order chi connectivity index (χ1) is 35.6. The summed E-state index contributed by atoms with van der Waals surface area (Å²) in [6, 6.07) is 13.1. The molecular weight excluding hydrogens is 934 g/mol. The van der Waals surface area contributed by atoms with Gasteiger partial charge in [0.05, 0.1) is 28.8 Å². The van der Waals surface area contributed by atoms with E-state index in [1.165, 1.54) is 31.0 Å². The van der Waals surface area contributed by atoms with Crippen molar-refractivity contribution in [1.82, 2.24) is 30.1 Å². The lowest BCUT2D eigenvalue weighted by Gasteiger charge is -2.40. The molecule has 2 aromatic heterocycles. The van der Waals surface area contributed by atoms with Gasteiger partial charge in [0.25, 0.3) is 0 Å². The number of anilines is 3. The van der Waals surface area contributed by atoms with Gasteiger partial charge in [-0.2, -0.15) is 9.97 Å². The number of phenols is 1. The van der Waals surface area contributed by atoms with Gasteiger partial charge in [0.2, 0.25) is 17.7 Å². The number of ether oxygens (including phenoxy) is 1. The Kier molecular flexibility index (Phi) is 16.0. The van der Waals surface area contributed by atoms with E-state index in [4.69, 9.17) is 26.1 Å². The topological polar surface area (TPSA) is 148 Å². The number of benzene rings is 3. The molecule has 10 rings (SSSR count). The maximum atomic E-state index is 15.1. The molecule has 1 aliphatic carbocycles. The minimum Gasteiger partial charge on any atom is -0.508 e. The van der Waals surface area contributed by atoms with E-state index < -0.39 is 5.82 Å². The molecule has 5 fully saturated rings. The van der Waals surface area contributed by atoms with E-state index in [0.29, 0.717) is 53.4 Å². The number of fused-ring (bicyclic) bond motifs is 2. The Bertz CT molecular complexity index is 2930. The highest BCUT2D eigenvalue weighted by Crippen LogP contribution is 2.47. The molecule has 2 atom stereocenters. The maximum absolute atomic E-state index is 15.1. The standard InChI is InChI=1S/C53H65FN8O3.C6H9NO2/c1-7-35(3)51(64)58(6)46-29-40(14-12-36(46)4)61-22-16-38(17-23-61)32-59-24-26-60(27-25-59)33-53(18-19-53)34-65-52-56-49-37(5)48(55-31-44(49)50(57-52)62-20-10-9-11-21-62)43-30-41(63)28-39-13-15-45(54)42(8-2)47(39)43;1-4-2-3-5(8)7-6(4)9/h2,12-15,28-31,35,38,63H,7,9-11,16-27,32-34H2,1,3-6H3;4H,2-3H2,1H3,(H,7,8,9). The zero-order chi connectivity index (χ0) is 52.3. The largest absolute Gasteiger partial charge is 0.508 e. The summed E-state index contributed by atoms with van der Waals surface area (Å²) in [6.07, 6.45) is 17.7. The molecule has 74 heavy (non-hydrogen) atoms. The Labute approximate surface area is 436 Å². The number of aromatic nitrogens is 3. The van der Waals surface area contributed by atoms with Crippen LogP contribution in [0.25, 0.3) is 32.9 Å². The quantitative estimate of drug-likeness (QED) is 0.0857. The van der Waals surface area contributed by atoms with Crippen molar-refractivity contribution in [3.05, 3.63) is 71.2 Å². The van der Waals surface area contributed by atoms with Crippen LogP contribution in [0.2, 0.25) is 0 Å². The maximum Gasteiger partial charge on any atom is 0.318 e. The number of aryl methyl sites for hydroxylation is 2. The van der Waals surface area contributed by atoms with Crippen LogP contribution in [-0.4, -0.2) is 127 Å². The minimum atomic E-state index is -0.492. The molecule has 0 radical (unpaired) electrons. The van der Waals surface area contributed by atoms with Crippen molar-refractivity contribution >= 4 is 56.6 Å². The van der Waals surface area contributed by atoms with Crippen LogP contribution in [0, 0.1) is 55.2 Å². The van der Waals surface area contributed by atoms with Crippen LogP contribution in [0.4, 0.5) is 21.6 Å². The number of nitrogens with zero attached hydrogens (tertiary/aromatic N) is 8. The number of rotatable bonds is 13. The summed E-state index contributed by atoms with van der Waals surface area (Å²) in [5.41, 5.74) is 6.24. The van der Waals surface area contributed by atoms with E-state index >= 15 is 4.39 Å². The second-order valence-electron chi connectivity index (χ2n) is 21.9. The van der Waals surface area contributed by atoms with Gasteiger partial charge < -0.3 is 34.3 Å². The first-order valence-corrected chi connectivity index (χ1v) is 27.0. The number of terminal acetylenes is 1. The zero-order valence-electron chi connectivity index (χ0n) is 44.3. The van der Waals surface area contributed by atoms with E-state index in [1.807, 2.05) is 32.7 Å². The number of amides is 3. The molecule has 5 aromatic rings. The van der Waals surface area contributed by atoms with E-state index in [-0.39, 0.29) is 46.3 Å². The van der Waals surface area contributed by atoms with Crippen LogP contribution in [0.1, 0.15) is 102 Å². The second kappa shape index (κ2) is 22.6. The highest BCUT2D eigenvalue weighted by Gasteiger charge is 2.45. The second-order valence-corrected chi connectivity index (χ2v) is 21.9. The van der Waals surface area contributed by atoms with Gasteiger partial charge in [-0.05, 0) is 119 Å². The van der Waals surface area contributed by atoms with Crippen LogP contribution >= 0.6 is 0 Å². The summed E-state index contributed by atoms with van der Waals surface area (Å²) in [7, 11) is 1.91. The van der Waals surface area contributed by atoms with E-state index in [2.05, 4.69) is 62.9 Å². The van der Waals surface area contributed by atoms with E-state index in [9.17, 15) is 19.5 Å². The molecule has 3 amide bonds. The molecule has 0 spiro atoms. The molecule has 392 valence electrons. The molecule has 1 saturated carbocycles. The minimum absolute atomic E-state index is 0.0140. The number of piperidine rings is 3. The number of hydrogen-bond acceptors (Lipinski definition) is 12. The van der Waals surface area contributed by atoms with Crippen molar-refractivity contribution in [3.8, 4) is 35.4 Å². The lowest BCUT2D eigenvalue weighted by molar-refractivity contribution is -0.135. The average Bonchev–Trinajstić information content (AvgIpc) is 4.19. The molecule has 5 aliphatic rings.